The number of hydrogen-bond acceptors (Lipinski definition) is 3. The molecule has 4 nitrogen and oxygen atoms in total. The fourth-order valence-electron chi connectivity index (χ4n) is 2.85. The van der Waals surface area contributed by atoms with Crippen LogP contribution in [-0.4, -0.2) is 26.7 Å². The summed E-state index contributed by atoms with van der Waals surface area (Å²) < 4.78 is 10.8. The molecule has 0 aliphatic carbocycles. The largest absolute Gasteiger partial charge is 0.493 e. The Morgan fingerprint density at radius 2 is 1.87 bits per heavy atom. The van der Waals surface area contributed by atoms with E-state index in [0.717, 1.165) is 23.1 Å². The van der Waals surface area contributed by atoms with E-state index in [4.69, 9.17) is 9.47 Å². The van der Waals surface area contributed by atoms with E-state index < -0.39 is 0 Å². The van der Waals surface area contributed by atoms with Gasteiger partial charge in [0.05, 0.1) is 19.8 Å². The van der Waals surface area contributed by atoms with Gasteiger partial charge in [0.15, 0.2) is 11.5 Å². The summed E-state index contributed by atoms with van der Waals surface area (Å²) in [5, 5.41) is 2.87. The van der Waals surface area contributed by atoms with Crippen LogP contribution in [0.3, 0.4) is 0 Å². The molecule has 4 heteroatoms. The SMILES string of the molecule is COc1cc(/C=C/c2ccccc2)c2c(c1OC)C(=O)NCC2. The molecular formula is C19H19NO3. The van der Waals surface area contributed by atoms with Crippen molar-refractivity contribution in [3.63, 3.8) is 0 Å². The van der Waals surface area contributed by atoms with Gasteiger partial charge in [0.25, 0.3) is 5.91 Å². The predicted octanol–water partition coefficient (Wildman–Crippen LogP) is 3.16. The van der Waals surface area contributed by atoms with Gasteiger partial charge in [-0.05, 0) is 29.2 Å². The first-order valence-corrected chi connectivity index (χ1v) is 7.53. The summed E-state index contributed by atoms with van der Waals surface area (Å²) in [6, 6.07) is 12.0. The average Bonchev–Trinajstić information content (AvgIpc) is 2.60. The Bertz CT molecular complexity index is 751. The molecule has 1 aliphatic rings. The van der Waals surface area contributed by atoms with Gasteiger partial charge in [0.2, 0.25) is 0 Å². The van der Waals surface area contributed by atoms with Gasteiger partial charge in [-0.1, -0.05) is 42.5 Å². The van der Waals surface area contributed by atoms with Crippen LogP contribution < -0.4 is 14.8 Å². The molecule has 1 heterocycles. The first kappa shape index (κ1) is 15.2. The Morgan fingerprint density at radius 3 is 2.57 bits per heavy atom. The van der Waals surface area contributed by atoms with Crippen LogP contribution in [0.15, 0.2) is 36.4 Å². The standard InChI is InChI=1S/C19H19NO3/c1-22-16-12-14(9-8-13-6-4-3-5-7-13)15-10-11-20-19(21)17(15)18(16)23-2/h3-9,12H,10-11H2,1-2H3,(H,20,21)/b9-8+. The number of carbonyl (C=O) groups excluding carboxylic acids is 1. The van der Waals surface area contributed by atoms with Gasteiger partial charge in [-0.2, -0.15) is 0 Å². The molecule has 2 aromatic rings. The van der Waals surface area contributed by atoms with Gasteiger partial charge in [0.1, 0.15) is 0 Å². The monoisotopic (exact) mass is 309 g/mol. The van der Waals surface area contributed by atoms with Crippen molar-refractivity contribution in [3.05, 3.63) is 58.7 Å². The zero-order valence-corrected chi connectivity index (χ0v) is 13.3. The number of carbonyl (C=O) groups is 1. The van der Waals surface area contributed by atoms with E-state index >= 15 is 0 Å². The summed E-state index contributed by atoms with van der Waals surface area (Å²) in [6.07, 6.45) is 4.83. The number of rotatable bonds is 4. The minimum Gasteiger partial charge on any atom is -0.493 e. The molecule has 3 rings (SSSR count). The van der Waals surface area contributed by atoms with Crippen molar-refractivity contribution in [3.8, 4) is 11.5 Å². The van der Waals surface area contributed by atoms with Gasteiger partial charge in [0, 0.05) is 6.54 Å². The highest BCUT2D eigenvalue weighted by Gasteiger charge is 2.26. The highest BCUT2D eigenvalue weighted by Crippen LogP contribution is 2.38. The van der Waals surface area contributed by atoms with Crippen LogP contribution in [-0.2, 0) is 6.42 Å². The molecule has 23 heavy (non-hydrogen) atoms. The molecule has 0 bridgehead atoms. The second-order valence-electron chi connectivity index (χ2n) is 5.30. The number of ether oxygens (including phenoxy) is 2. The molecule has 0 saturated carbocycles. The van der Waals surface area contributed by atoms with Crippen LogP contribution in [0.4, 0.5) is 0 Å². The Morgan fingerprint density at radius 1 is 1.09 bits per heavy atom. The normalized spacial score (nSPS) is 13.6. The fourth-order valence-corrected chi connectivity index (χ4v) is 2.85. The molecule has 1 N–H and O–H groups in total. The quantitative estimate of drug-likeness (QED) is 0.883. The number of benzene rings is 2. The summed E-state index contributed by atoms with van der Waals surface area (Å²) in [4.78, 5) is 12.3. The van der Waals surface area contributed by atoms with Gasteiger partial charge in [-0.15, -0.1) is 0 Å². The Balaban J connectivity index is 2.12. The molecule has 0 unspecified atom stereocenters. The van der Waals surface area contributed by atoms with E-state index in [9.17, 15) is 4.79 Å². The number of fused-ring (bicyclic) bond motifs is 1. The maximum Gasteiger partial charge on any atom is 0.255 e. The van der Waals surface area contributed by atoms with Crippen LogP contribution in [0.1, 0.15) is 27.0 Å². The lowest BCUT2D eigenvalue weighted by atomic mass is 9.92. The fraction of sp³-hybridized carbons (Fsp3) is 0.211. The van der Waals surface area contributed by atoms with Crippen LogP contribution in [0, 0.1) is 0 Å². The summed E-state index contributed by atoms with van der Waals surface area (Å²) in [6.45, 7) is 0.632. The van der Waals surface area contributed by atoms with Crippen molar-refractivity contribution in [1.82, 2.24) is 5.32 Å². The zero-order valence-electron chi connectivity index (χ0n) is 13.3. The van der Waals surface area contributed by atoms with Crippen molar-refractivity contribution in [1.29, 1.82) is 0 Å². The molecule has 0 saturated heterocycles. The molecule has 1 aliphatic heterocycles. The van der Waals surface area contributed by atoms with Gasteiger partial charge < -0.3 is 14.8 Å². The number of methoxy groups -OCH3 is 2. The lowest BCUT2D eigenvalue weighted by Crippen LogP contribution is -2.32. The van der Waals surface area contributed by atoms with E-state index in [2.05, 4.69) is 5.32 Å². The van der Waals surface area contributed by atoms with Crippen molar-refractivity contribution in [2.24, 2.45) is 0 Å². The molecule has 2 aromatic carbocycles. The second kappa shape index (κ2) is 6.57. The van der Waals surface area contributed by atoms with Gasteiger partial charge in [-0.25, -0.2) is 0 Å². The van der Waals surface area contributed by atoms with Crippen molar-refractivity contribution < 1.29 is 14.3 Å². The van der Waals surface area contributed by atoms with Crippen molar-refractivity contribution in [2.45, 2.75) is 6.42 Å². The Labute approximate surface area is 135 Å². The minimum atomic E-state index is -0.114. The van der Waals surface area contributed by atoms with Gasteiger partial charge in [-0.3, -0.25) is 4.79 Å². The number of amides is 1. The molecule has 0 spiro atoms. The van der Waals surface area contributed by atoms with E-state index in [1.54, 1.807) is 14.2 Å². The first-order valence-electron chi connectivity index (χ1n) is 7.53. The van der Waals surface area contributed by atoms with Crippen LogP contribution in [0.25, 0.3) is 12.2 Å². The molecule has 118 valence electrons. The predicted molar refractivity (Wildman–Crippen MR) is 91.0 cm³/mol. The lowest BCUT2D eigenvalue weighted by molar-refractivity contribution is 0.0942. The third-order valence-electron chi connectivity index (χ3n) is 3.95. The molecule has 1 amide bonds. The zero-order chi connectivity index (χ0) is 16.2. The third-order valence-corrected chi connectivity index (χ3v) is 3.95. The molecule has 0 radical (unpaired) electrons. The molecular weight excluding hydrogens is 290 g/mol. The minimum absolute atomic E-state index is 0.114. The maximum atomic E-state index is 12.3. The molecule has 0 aromatic heterocycles. The van der Waals surface area contributed by atoms with E-state index in [1.807, 2.05) is 48.6 Å². The third kappa shape index (κ3) is 2.93. The number of hydrogen-bond donors (Lipinski definition) is 1. The highest BCUT2D eigenvalue weighted by atomic mass is 16.5. The van der Waals surface area contributed by atoms with Crippen molar-refractivity contribution >= 4 is 18.1 Å². The second-order valence-corrected chi connectivity index (χ2v) is 5.30. The molecule has 0 atom stereocenters. The van der Waals surface area contributed by atoms with Crippen molar-refractivity contribution in [2.75, 3.05) is 20.8 Å². The summed E-state index contributed by atoms with van der Waals surface area (Å²) in [7, 11) is 3.13. The number of nitrogens with one attached hydrogen (secondary N) is 1. The van der Waals surface area contributed by atoms with Crippen LogP contribution in [0.2, 0.25) is 0 Å². The average molecular weight is 309 g/mol. The molecule has 0 fully saturated rings. The summed E-state index contributed by atoms with van der Waals surface area (Å²) in [5.74, 6) is 0.948. The lowest BCUT2D eigenvalue weighted by Gasteiger charge is -2.22. The Hall–Kier alpha value is -2.75. The highest BCUT2D eigenvalue weighted by molar-refractivity contribution is 6.01. The maximum absolute atomic E-state index is 12.3. The summed E-state index contributed by atoms with van der Waals surface area (Å²) in [5.41, 5.74) is 3.66. The van der Waals surface area contributed by atoms with E-state index in [1.165, 1.54) is 0 Å². The van der Waals surface area contributed by atoms with Crippen LogP contribution >= 0.6 is 0 Å². The topological polar surface area (TPSA) is 47.6 Å². The van der Waals surface area contributed by atoms with Gasteiger partial charge >= 0.3 is 0 Å². The first-order chi connectivity index (χ1) is 11.2. The van der Waals surface area contributed by atoms with E-state index in [0.29, 0.717) is 23.6 Å². The smallest absolute Gasteiger partial charge is 0.255 e. The summed E-state index contributed by atoms with van der Waals surface area (Å²) >= 11 is 0. The van der Waals surface area contributed by atoms with Crippen LogP contribution in [0.5, 0.6) is 11.5 Å². The Kier molecular flexibility index (Phi) is 4.33. The van der Waals surface area contributed by atoms with E-state index in [-0.39, 0.29) is 5.91 Å².